The van der Waals surface area contributed by atoms with Crippen molar-refractivity contribution in [2.24, 2.45) is 0 Å². The summed E-state index contributed by atoms with van der Waals surface area (Å²) in [4.78, 5) is 8.51. The zero-order valence-corrected chi connectivity index (χ0v) is 15.7. The van der Waals surface area contributed by atoms with E-state index in [1.54, 1.807) is 7.05 Å². The lowest BCUT2D eigenvalue weighted by Gasteiger charge is -2.18. The molecule has 0 saturated carbocycles. The van der Waals surface area contributed by atoms with Crippen molar-refractivity contribution in [3.05, 3.63) is 34.8 Å². The molecule has 3 heterocycles. The molecule has 2 aliphatic heterocycles. The van der Waals surface area contributed by atoms with Gasteiger partial charge < -0.3 is 21.1 Å². The topological polar surface area (TPSA) is 85.1 Å². The molecule has 1 aromatic carbocycles. The highest BCUT2D eigenvalue weighted by Crippen LogP contribution is 2.44. The number of nitrogen functional groups attached to an aromatic ring is 1. The van der Waals surface area contributed by atoms with Crippen molar-refractivity contribution in [1.82, 2.24) is 15.3 Å². The van der Waals surface area contributed by atoms with Crippen molar-refractivity contribution in [1.29, 1.82) is 0 Å². The zero-order valence-electron chi connectivity index (χ0n) is 15.7. The number of aryl methyl sites for hydroxylation is 1. The SMILES string of the molecule is CNc1nc(N)nc(C)c1-c1cc2c(c(C3=CCNCCC3)c1F)OCC2. The molecule has 7 heteroatoms. The van der Waals surface area contributed by atoms with Crippen LogP contribution in [0.3, 0.4) is 0 Å². The molecule has 0 amide bonds. The Kier molecular flexibility index (Phi) is 4.70. The van der Waals surface area contributed by atoms with Crippen LogP contribution in [0.2, 0.25) is 0 Å². The molecule has 2 aromatic rings. The molecule has 0 saturated heterocycles. The summed E-state index contributed by atoms with van der Waals surface area (Å²) in [6, 6.07) is 1.87. The number of nitrogens with one attached hydrogen (secondary N) is 2. The van der Waals surface area contributed by atoms with Gasteiger partial charge in [0.15, 0.2) is 0 Å². The Morgan fingerprint density at radius 2 is 2.11 bits per heavy atom. The molecule has 4 N–H and O–H groups in total. The van der Waals surface area contributed by atoms with Crippen LogP contribution in [0.4, 0.5) is 16.2 Å². The molecule has 2 aliphatic rings. The number of rotatable bonds is 3. The number of anilines is 2. The number of halogens is 1. The maximum absolute atomic E-state index is 15.9. The molecule has 0 aliphatic carbocycles. The summed E-state index contributed by atoms with van der Waals surface area (Å²) in [5.41, 5.74) is 10.2. The second-order valence-electron chi connectivity index (χ2n) is 6.88. The predicted octanol–water partition coefficient (Wildman–Crippen LogP) is 2.92. The van der Waals surface area contributed by atoms with E-state index in [1.165, 1.54) is 0 Å². The van der Waals surface area contributed by atoms with E-state index in [-0.39, 0.29) is 11.8 Å². The molecule has 0 atom stereocenters. The fourth-order valence-corrected chi connectivity index (χ4v) is 3.91. The molecule has 0 fully saturated rings. The van der Waals surface area contributed by atoms with Gasteiger partial charge in [-0.3, -0.25) is 0 Å². The first kappa shape index (κ1) is 17.7. The first-order valence-corrected chi connectivity index (χ1v) is 9.30. The van der Waals surface area contributed by atoms with E-state index in [0.29, 0.717) is 40.6 Å². The van der Waals surface area contributed by atoms with Gasteiger partial charge in [-0.15, -0.1) is 0 Å². The first-order chi connectivity index (χ1) is 13.1. The van der Waals surface area contributed by atoms with E-state index < -0.39 is 0 Å². The molecular weight excluding hydrogens is 345 g/mol. The highest BCUT2D eigenvalue weighted by molar-refractivity contribution is 5.84. The van der Waals surface area contributed by atoms with Crippen LogP contribution in [0.5, 0.6) is 5.75 Å². The summed E-state index contributed by atoms with van der Waals surface area (Å²) in [6.45, 7) is 4.07. The second kappa shape index (κ2) is 7.15. The number of nitrogens with zero attached hydrogens (tertiary/aromatic N) is 2. The standard InChI is InChI=1S/C20H24FN5O/c1-11-15(19(23-2)26-20(22)25-11)14-10-13-6-9-27-18(13)16(17(14)21)12-4-3-7-24-8-5-12/h5,10,24H,3-4,6-9H2,1-2H3,(H3,22,23,25,26). The number of allylic oxidation sites excluding steroid dienone is 1. The third kappa shape index (κ3) is 3.12. The Labute approximate surface area is 158 Å². The fraction of sp³-hybridized carbons (Fsp3) is 0.400. The van der Waals surface area contributed by atoms with Crippen molar-refractivity contribution in [2.75, 3.05) is 37.8 Å². The van der Waals surface area contributed by atoms with Gasteiger partial charge in [0.1, 0.15) is 17.4 Å². The smallest absolute Gasteiger partial charge is 0.222 e. The van der Waals surface area contributed by atoms with Gasteiger partial charge in [0.25, 0.3) is 0 Å². The van der Waals surface area contributed by atoms with Crippen molar-refractivity contribution >= 4 is 17.3 Å². The summed E-state index contributed by atoms with van der Waals surface area (Å²) in [5.74, 6) is 1.10. The van der Waals surface area contributed by atoms with Gasteiger partial charge >= 0.3 is 0 Å². The minimum atomic E-state index is -0.281. The van der Waals surface area contributed by atoms with Crippen molar-refractivity contribution < 1.29 is 9.13 Å². The molecule has 6 nitrogen and oxygen atoms in total. The average Bonchev–Trinajstić information content (AvgIpc) is 2.94. The molecule has 0 spiro atoms. The average molecular weight is 369 g/mol. The number of ether oxygens (including phenoxy) is 1. The summed E-state index contributed by atoms with van der Waals surface area (Å²) >= 11 is 0. The molecule has 0 radical (unpaired) electrons. The summed E-state index contributed by atoms with van der Waals surface area (Å²) in [5, 5.41) is 6.36. The molecule has 142 valence electrons. The predicted molar refractivity (Wildman–Crippen MR) is 105 cm³/mol. The Hall–Kier alpha value is -2.67. The lowest BCUT2D eigenvalue weighted by molar-refractivity contribution is 0.354. The van der Waals surface area contributed by atoms with Crippen LogP contribution in [0.15, 0.2) is 12.1 Å². The minimum absolute atomic E-state index is 0.170. The Bertz CT molecular complexity index is 925. The molecule has 0 unspecified atom stereocenters. The van der Waals surface area contributed by atoms with Gasteiger partial charge in [-0.25, -0.2) is 9.37 Å². The summed E-state index contributed by atoms with van der Waals surface area (Å²) in [7, 11) is 1.75. The van der Waals surface area contributed by atoms with Gasteiger partial charge in [0, 0.05) is 31.1 Å². The number of aromatic nitrogens is 2. The number of nitrogens with two attached hydrogens (primary N) is 1. The first-order valence-electron chi connectivity index (χ1n) is 9.30. The molecule has 4 rings (SSSR count). The molecule has 1 aromatic heterocycles. The van der Waals surface area contributed by atoms with Gasteiger partial charge in [0.2, 0.25) is 5.95 Å². The van der Waals surface area contributed by atoms with Crippen molar-refractivity contribution in [3.8, 4) is 16.9 Å². The van der Waals surface area contributed by atoms with Crippen LogP contribution in [0.25, 0.3) is 16.7 Å². The van der Waals surface area contributed by atoms with Gasteiger partial charge in [-0.05, 0) is 43.5 Å². The Balaban J connectivity index is 1.97. The minimum Gasteiger partial charge on any atom is -0.492 e. The van der Waals surface area contributed by atoms with Gasteiger partial charge in [0.05, 0.1) is 17.9 Å². The third-order valence-electron chi connectivity index (χ3n) is 5.14. The molecular formula is C20H24FN5O. The van der Waals surface area contributed by atoms with Crippen molar-refractivity contribution in [3.63, 3.8) is 0 Å². The second-order valence-corrected chi connectivity index (χ2v) is 6.88. The van der Waals surface area contributed by atoms with Gasteiger partial charge in [-0.1, -0.05) is 6.08 Å². The highest BCUT2D eigenvalue weighted by atomic mass is 19.1. The van der Waals surface area contributed by atoms with Crippen LogP contribution in [-0.4, -0.2) is 36.7 Å². The van der Waals surface area contributed by atoms with Crippen LogP contribution >= 0.6 is 0 Å². The number of fused-ring (bicyclic) bond motifs is 1. The van der Waals surface area contributed by atoms with Crippen LogP contribution in [0, 0.1) is 12.7 Å². The monoisotopic (exact) mass is 369 g/mol. The molecule has 27 heavy (non-hydrogen) atoms. The lowest BCUT2D eigenvalue weighted by Crippen LogP contribution is -2.12. The number of hydrogen-bond donors (Lipinski definition) is 3. The quantitative estimate of drug-likeness (QED) is 0.771. The highest BCUT2D eigenvalue weighted by Gasteiger charge is 2.28. The number of benzene rings is 1. The Morgan fingerprint density at radius 3 is 2.93 bits per heavy atom. The normalized spacial score (nSPS) is 16.3. The maximum Gasteiger partial charge on any atom is 0.222 e. The largest absolute Gasteiger partial charge is 0.492 e. The van der Waals surface area contributed by atoms with E-state index in [1.807, 2.05) is 13.0 Å². The number of hydrogen-bond acceptors (Lipinski definition) is 6. The summed E-state index contributed by atoms with van der Waals surface area (Å²) in [6.07, 6.45) is 4.63. The van der Waals surface area contributed by atoms with Crippen molar-refractivity contribution in [2.45, 2.75) is 26.2 Å². The van der Waals surface area contributed by atoms with Crippen LogP contribution in [-0.2, 0) is 6.42 Å². The summed E-state index contributed by atoms with van der Waals surface area (Å²) < 4.78 is 21.7. The van der Waals surface area contributed by atoms with E-state index >= 15 is 4.39 Å². The van der Waals surface area contributed by atoms with E-state index in [9.17, 15) is 0 Å². The van der Waals surface area contributed by atoms with E-state index in [2.05, 4.69) is 26.7 Å². The Morgan fingerprint density at radius 1 is 1.26 bits per heavy atom. The maximum atomic E-state index is 15.9. The lowest BCUT2D eigenvalue weighted by atomic mass is 9.91. The molecule has 0 bridgehead atoms. The zero-order chi connectivity index (χ0) is 19.0. The fourth-order valence-electron chi connectivity index (χ4n) is 3.91. The van der Waals surface area contributed by atoms with Crippen LogP contribution in [0.1, 0.15) is 29.7 Å². The van der Waals surface area contributed by atoms with Gasteiger partial charge in [-0.2, -0.15) is 4.98 Å². The van der Waals surface area contributed by atoms with Crippen LogP contribution < -0.4 is 21.1 Å². The van der Waals surface area contributed by atoms with E-state index in [0.717, 1.165) is 43.5 Å². The third-order valence-corrected chi connectivity index (χ3v) is 5.14. The van der Waals surface area contributed by atoms with E-state index in [4.69, 9.17) is 10.5 Å².